The Balaban J connectivity index is 0.00000220. The highest BCUT2D eigenvalue weighted by molar-refractivity contribution is 5.93. The lowest BCUT2D eigenvalue weighted by Gasteiger charge is -2.19. The van der Waals surface area contributed by atoms with Gasteiger partial charge in [0.25, 0.3) is 5.91 Å². The predicted molar refractivity (Wildman–Crippen MR) is 88.6 cm³/mol. The van der Waals surface area contributed by atoms with Gasteiger partial charge in [0.1, 0.15) is 11.5 Å². The second-order valence-corrected chi connectivity index (χ2v) is 5.30. The van der Waals surface area contributed by atoms with Crippen LogP contribution in [0.1, 0.15) is 24.3 Å². The van der Waals surface area contributed by atoms with Crippen LogP contribution in [-0.4, -0.2) is 27.5 Å². The van der Waals surface area contributed by atoms with E-state index in [0.29, 0.717) is 17.9 Å². The number of carbonyl (C=O) groups excluding carboxylic acids is 1. The number of nitrogens with two attached hydrogens (primary N) is 1. The summed E-state index contributed by atoms with van der Waals surface area (Å²) in [4.78, 5) is 16.1. The Labute approximate surface area is 140 Å². The smallest absolute Gasteiger partial charge is 0.269 e. The zero-order valence-corrected chi connectivity index (χ0v) is 13.9. The molecule has 0 radical (unpaired) electrons. The third kappa shape index (κ3) is 5.29. The van der Waals surface area contributed by atoms with Crippen molar-refractivity contribution in [2.75, 3.05) is 6.54 Å². The first-order valence-electron chi connectivity index (χ1n) is 6.22. The maximum atomic E-state index is 12.9. The molecule has 122 valence electrons. The maximum absolute atomic E-state index is 12.9. The van der Waals surface area contributed by atoms with E-state index in [2.05, 4.69) is 10.3 Å². The molecule has 2 aromatic rings. The largest absolute Gasteiger partial charge is 0.349 e. The standard InChI is InChI=1S/C14H17FN4O.2ClH/c1-14(2,16)8-18-13(20)12-7-17-9-19(12)11-5-3-10(15)4-6-11;;/h3-7,9H,8,16H2,1-2H3,(H,18,20);2*1H. The molecule has 1 aromatic carbocycles. The highest BCUT2D eigenvalue weighted by Gasteiger charge is 2.16. The van der Waals surface area contributed by atoms with Crippen molar-refractivity contribution in [3.05, 3.63) is 48.3 Å². The van der Waals surface area contributed by atoms with Crippen LogP contribution < -0.4 is 11.1 Å². The van der Waals surface area contributed by atoms with Gasteiger partial charge in [0, 0.05) is 17.8 Å². The molecule has 0 aliphatic carbocycles. The Morgan fingerprint density at radius 3 is 2.45 bits per heavy atom. The summed E-state index contributed by atoms with van der Waals surface area (Å²) in [5, 5.41) is 2.75. The van der Waals surface area contributed by atoms with E-state index in [0.717, 1.165) is 0 Å². The Kier molecular flexibility index (Phi) is 7.52. The minimum Gasteiger partial charge on any atom is -0.349 e. The molecule has 3 N–H and O–H groups in total. The van der Waals surface area contributed by atoms with Gasteiger partial charge < -0.3 is 11.1 Å². The van der Waals surface area contributed by atoms with Crippen LogP contribution in [0.5, 0.6) is 0 Å². The summed E-state index contributed by atoms with van der Waals surface area (Å²) < 4.78 is 14.5. The molecular formula is C14H19Cl2FN4O. The number of hydrogen-bond acceptors (Lipinski definition) is 3. The normalized spacial score (nSPS) is 10.4. The monoisotopic (exact) mass is 348 g/mol. The predicted octanol–water partition coefficient (Wildman–Crippen LogP) is 2.32. The zero-order chi connectivity index (χ0) is 14.8. The number of nitrogens with one attached hydrogen (secondary N) is 1. The second kappa shape index (κ2) is 8.12. The summed E-state index contributed by atoms with van der Waals surface area (Å²) in [6.07, 6.45) is 2.97. The molecule has 5 nitrogen and oxygen atoms in total. The van der Waals surface area contributed by atoms with Crippen LogP contribution in [0.2, 0.25) is 0 Å². The topological polar surface area (TPSA) is 72.9 Å². The summed E-state index contributed by atoms with van der Waals surface area (Å²) >= 11 is 0. The molecule has 0 spiro atoms. The van der Waals surface area contributed by atoms with Crippen LogP contribution in [0, 0.1) is 5.82 Å². The molecule has 0 fully saturated rings. The quantitative estimate of drug-likeness (QED) is 0.890. The highest BCUT2D eigenvalue weighted by Crippen LogP contribution is 2.12. The van der Waals surface area contributed by atoms with Crippen LogP contribution in [0.3, 0.4) is 0 Å². The molecule has 0 bridgehead atoms. The number of aromatic nitrogens is 2. The molecule has 1 amide bonds. The zero-order valence-electron chi connectivity index (χ0n) is 12.2. The van der Waals surface area contributed by atoms with Crippen molar-refractivity contribution in [3.63, 3.8) is 0 Å². The summed E-state index contributed by atoms with van der Waals surface area (Å²) in [5.41, 5.74) is 6.38. The lowest BCUT2D eigenvalue weighted by molar-refractivity contribution is 0.0939. The van der Waals surface area contributed by atoms with Gasteiger partial charge in [0.05, 0.1) is 12.5 Å². The molecule has 0 atom stereocenters. The average molecular weight is 349 g/mol. The Hall–Kier alpha value is -1.63. The number of hydrogen-bond donors (Lipinski definition) is 2. The molecule has 0 aliphatic rings. The Morgan fingerprint density at radius 2 is 1.91 bits per heavy atom. The van der Waals surface area contributed by atoms with Crippen molar-refractivity contribution >= 4 is 30.7 Å². The van der Waals surface area contributed by atoms with Gasteiger partial charge in [-0.05, 0) is 38.1 Å². The molecule has 1 aromatic heterocycles. The van der Waals surface area contributed by atoms with E-state index in [1.54, 1.807) is 16.7 Å². The van der Waals surface area contributed by atoms with Crippen LogP contribution in [-0.2, 0) is 0 Å². The number of imidazole rings is 1. The minimum atomic E-state index is -0.490. The van der Waals surface area contributed by atoms with Crippen LogP contribution in [0.4, 0.5) is 4.39 Å². The second-order valence-electron chi connectivity index (χ2n) is 5.30. The molecule has 22 heavy (non-hydrogen) atoms. The molecule has 0 unspecified atom stereocenters. The van der Waals surface area contributed by atoms with E-state index in [9.17, 15) is 9.18 Å². The van der Waals surface area contributed by atoms with E-state index < -0.39 is 5.54 Å². The Bertz CT molecular complexity index is 608. The van der Waals surface area contributed by atoms with Crippen molar-refractivity contribution in [1.82, 2.24) is 14.9 Å². The first kappa shape index (κ1) is 20.4. The van der Waals surface area contributed by atoms with Gasteiger partial charge in [-0.2, -0.15) is 0 Å². The van der Waals surface area contributed by atoms with Gasteiger partial charge in [-0.15, -0.1) is 24.8 Å². The Morgan fingerprint density at radius 1 is 1.32 bits per heavy atom. The van der Waals surface area contributed by atoms with Crippen LogP contribution >= 0.6 is 24.8 Å². The molecule has 0 saturated carbocycles. The molecular weight excluding hydrogens is 330 g/mol. The van der Waals surface area contributed by atoms with Gasteiger partial charge in [0.2, 0.25) is 0 Å². The molecule has 0 aliphatic heterocycles. The third-order valence-electron chi connectivity index (χ3n) is 2.68. The lowest BCUT2D eigenvalue weighted by Crippen LogP contribution is -2.45. The molecule has 0 saturated heterocycles. The van der Waals surface area contributed by atoms with Crippen LogP contribution in [0.15, 0.2) is 36.8 Å². The third-order valence-corrected chi connectivity index (χ3v) is 2.68. The van der Waals surface area contributed by atoms with Gasteiger partial charge >= 0.3 is 0 Å². The summed E-state index contributed by atoms with van der Waals surface area (Å²) in [7, 11) is 0. The van der Waals surface area contributed by atoms with Gasteiger partial charge in [-0.3, -0.25) is 9.36 Å². The molecule has 2 rings (SSSR count). The van der Waals surface area contributed by atoms with Gasteiger partial charge in [-0.25, -0.2) is 9.37 Å². The first-order valence-corrected chi connectivity index (χ1v) is 6.22. The van der Waals surface area contributed by atoms with Crippen molar-refractivity contribution in [3.8, 4) is 5.69 Å². The van der Waals surface area contributed by atoms with Gasteiger partial charge in [-0.1, -0.05) is 0 Å². The maximum Gasteiger partial charge on any atom is 0.269 e. The van der Waals surface area contributed by atoms with Crippen molar-refractivity contribution in [1.29, 1.82) is 0 Å². The molecule has 1 heterocycles. The minimum absolute atomic E-state index is 0. The van der Waals surface area contributed by atoms with Crippen LogP contribution in [0.25, 0.3) is 5.69 Å². The van der Waals surface area contributed by atoms with Crippen molar-refractivity contribution < 1.29 is 9.18 Å². The fraction of sp³-hybridized carbons (Fsp3) is 0.286. The summed E-state index contributed by atoms with van der Waals surface area (Å²) in [5.74, 6) is -0.602. The summed E-state index contributed by atoms with van der Waals surface area (Å²) in [6, 6.07) is 5.83. The van der Waals surface area contributed by atoms with E-state index >= 15 is 0 Å². The number of rotatable bonds is 4. The first-order chi connectivity index (χ1) is 9.37. The van der Waals surface area contributed by atoms with Gasteiger partial charge in [0.15, 0.2) is 0 Å². The number of carbonyl (C=O) groups is 1. The number of halogens is 3. The summed E-state index contributed by atoms with van der Waals surface area (Å²) in [6.45, 7) is 4.00. The van der Waals surface area contributed by atoms with E-state index in [1.165, 1.54) is 24.7 Å². The number of nitrogens with zero attached hydrogens (tertiary/aromatic N) is 2. The lowest BCUT2D eigenvalue weighted by atomic mass is 10.1. The van der Waals surface area contributed by atoms with E-state index in [4.69, 9.17) is 5.73 Å². The van der Waals surface area contributed by atoms with E-state index in [1.807, 2.05) is 13.8 Å². The van der Waals surface area contributed by atoms with Crippen molar-refractivity contribution in [2.45, 2.75) is 19.4 Å². The fourth-order valence-electron chi connectivity index (χ4n) is 1.67. The number of benzene rings is 1. The van der Waals surface area contributed by atoms with Crippen molar-refractivity contribution in [2.24, 2.45) is 5.73 Å². The SMILES string of the molecule is CC(C)(N)CNC(=O)c1cncn1-c1ccc(F)cc1.Cl.Cl. The average Bonchev–Trinajstić information content (AvgIpc) is 2.85. The van der Waals surface area contributed by atoms with E-state index in [-0.39, 0.29) is 36.5 Å². The highest BCUT2D eigenvalue weighted by atomic mass is 35.5. The fourth-order valence-corrected chi connectivity index (χ4v) is 1.67. The molecule has 8 heteroatoms. The number of amides is 1.